The van der Waals surface area contributed by atoms with Gasteiger partial charge < -0.3 is 10.3 Å². The Morgan fingerprint density at radius 3 is 2.79 bits per heavy atom. The molecule has 1 amide bonds. The van der Waals surface area contributed by atoms with Gasteiger partial charge in [0, 0.05) is 10.5 Å². The first kappa shape index (κ1) is 13.3. The van der Waals surface area contributed by atoms with Crippen molar-refractivity contribution in [2.75, 3.05) is 5.32 Å². The molecule has 6 nitrogen and oxygen atoms in total. The number of anilines is 1. The van der Waals surface area contributed by atoms with E-state index >= 15 is 0 Å². The molecule has 1 aromatic heterocycles. The predicted molar refractivity (Wildman–Crippen MR) is 74.3 cm³/mol. The molecule has 0 aliphatic rings. The summed E-state index contributed by atoms with van der Waals surface area (Å²) in [6.07, 6.45) is 1.18. The van der Waals surface area contributed by atoms with E-state index in [0.717, 1.165) is 10.0 Å². The first-order valence-electron chi connectivity index (χ1n) is 5.37. The molecule has 0 saturated carbocycles. The molecule has 0 bridgehead atoms. The van der Waals surface area contributed by atoms with Crippen molar-refractivity contribution in [1.82, 2.24) is 4.98 Å². The van der Waals surface area contributed by atoms with Crippen molar-refractivity contribution in [2.24, 2.45) is 0 Å². The fourth-order valence-corrected chi connectivity index (χ4v) is 1.89. The van der Waals surface area contributed by atoms with Crippen LogP contribution in [0.4, 0.5) is 11.4 Å². The fraction of sp³-hybridized carbons (Fsp3) is 0.0833. The number of aromatic amines is 1. The highest BCUT2D eigenvalue weighted by atomic mass is 79.9. The van der Waals surface area contributed by atoms with Crippen LogP contribution in [0.5, 0.6) is 0 Å². The minimum Gasteiger partial charge on any atom is -0.351 e. The summed E-state index contributed by atoms with van der Waals surface area (Å²) in [4.78, 5) is 24.5. The van der Waals surface area contributed by atoms with Gasteiger partial charge in [0.25, 0.3) is 11.6 Å². The zero-order valence-electron chi connectivity index (χ0n) is 9.94. The number of nitrogens with zero attached hydrogens (tertiary/aromatic N) is 1. The van der Waals surface area contributed by atoms with Crippen LogP contribution in [0.25, 0.3) is 0 Å². The molecule has 1 aromatic carbocycles. The number of halogens is 1. The average molecular weight is 324 g/mol. The number of nitrogens with one attached hydrogen (secondary N) is 2. The molecule has 0 fully saturated rings. The molecule has 0 saturated heterocycles. The van der Waals surface area contributed by atoms with Crippen LogP contribution in [0.1, 0.15) is 16.1 Å². The third kappa shape index (κ3) is 3.00. The molecule has 2 N–H and O–H groups in total. The van der Waals surface area contributed by atoms with Gasteiger partial charge in [-0.05, 0) is 40.5 Å². The zero-order chi connectivity index (χ0) is 14.0. The standard InChI is InChI=1S/C12H10BrN3O3/c1-7-2-3-9(13)10(4-7)15-12(17)11-5-8(6-14-11)16(18)19/h2-6,14H,1H3,(H,15,17). The van der Waals surface area contributed by atoms with Gasteiger partial charge >= 0.3 is 0 Å². The number of carbonyl (C=O) groups is 1. The molecule has 0 atom stereocenters. The Bertz CT molecular complexity index is 651. The van der Waals surface area contributed by atoms with Crippen LogP contribution in [0.3, 0.4) is 0 Å². The summed E-state index contributed by atoms with van der Waals surface area (Å²) in [5.41, 5.74) is 1.60. The van der Waals surface area contributed by atoms with Crippen molar-refractivity contribution >= 4 is 33.2 Å². The van der Waals surface area contributed by atoms with E-state index in [1.807, 2.05) is 19.1 Å². The maximum absolute atomic E-state index is 11.9. The summed E-state index contributed by atoms with van der Waals surface area (Å²) in [7, 11) is 0. The first-order chi connectivity index (χ1) is 8.97. The summed E-state index contributed by atoms with van der Waals surface area (Å²) in [6, 6.07) is 6.72. The lowest BCUT2D eigenvalue weighted by Crippen LogP contribution is -2.12. The molecule has 0 aliphatic heterocycles. The van der Waals surface area contributed by atoms with Gasteiger partial charge in [0.1, 0.15) is 5.69 Å². The quantitative estimate of drug-likeness (QED) is 0.671. The molecule has 0 radical (unpaired) electrons. The Morgan fingerprint density at radius 2 is 2.16 bits per heavy atom. The van der Waals surface area contributed by atoms with E-state index in [1.165, 1.54) is 12.3 Å². The highest BCUT2D eigenvalue weighted by Crippen LogP contribution is 2.24. The Kier molecular flexibility index (Phi) is 3.66. The zero-order valence-corrected chi connectivity index (χ0v) is 11.5. The summed E-state index contributed by atoms with van der Waals surface area (Å²) < 4.78 is 0.743. The van der Waals surface area contributed by atoms with E-state index in [4.69, 9.17) is 0 Å². The van der Waals surface area contributed by atoms with E-state index in [9.17, 15) is 14.9 Å². The number of benzene rings is 1. The van der Waals surface area contributed by atoms with Gasteiger partial charge in [0.15, 0.2) is 0 Å². The second-order valence-corrected chi connectivity index (χ2v) is 4.82. The molecule has 2 aromatic rings. The van der Waals surface area contributed by atoms with Crippen molar-refractivity contribution in [3.63, 3.8) is 0 Å². The summed E-state index contributed by atoms with van der Waals surface area (Å²) in [5, 5.41) is 13.2. The van der Waals surface area contributed by atoms with Crippen LogP contribution in [0, 0.1) is 17.0 Å². The minimum atomic E-state index is -0.560. The summed E-state index contributed by atoms with van der Waals surface area (Å²) in [6.45, 7) is 1.90. The fourth-order valence-electron chi connectivity index (χ4n) is 1.54. The Morgan fingerprint density at radius 1 is 1.42 bits per heavy atom. The molecule has 98 valence electrons. The number of aryl methyl sites for hydroxylation is 1. The number of hydrogen-bond acceptors (Lipinski definition) is 3. The highest BCUT2D eigenvalue weighted by Gasteiger charge is 2.15. The van der Waals surface area contributed by atoms with Gasteiger partial charge in [-0.1, -0.05) is 6.07 Å². The lowest BCUT2D eigenvalue weighted by molar-refractivity contribution is -0.384. The smallest absolute Gasteiger partial charge is 0.287 e. The van der Waals surface area contributed by atoms with E-state index in [1.54, 1.807) is 6.07 Å². The number of amides is 1. The van der Waals surface area contributed by atoms with Gasteiger partial charge in [0.05, 0.1) is 16.8 Å². The third-order valence-corrected chi connectivity index (χ3v) is 3.18. The van der Waals surface area contributed by atoms with E-state index < -0.39 is 10.8 Å². The molecule has 7 heteroatoms. The molecule has 0 spiro atoms. The molecule has 1 heterocycles. The van der Waals surface area contributed by atoms with Gasteiger partial charge in [-0.3, -0.25) is 14.9 Å². The van der Waals surface area contributed by atoms with Gasteiger partial charge in [-0.25, -0.2) is 0 Å². The van der Waals surface area contributed by atoms with Crippen molar-refractivity contribution in [2.45, 2.75) is 6.92 Å². The summed E-state index contributed by atoms with van der Waals surface area (Å²) >= 11 is 3.33. The maximum atomic E-state index is 11.9. The third-order valence-electron chi connectivity index (χ3n) is 2.49. The molecule has 19 heavy (non-hydrogen) atoms. The normalized spacial score (nSPS) is 10.2. The molecule has 0 unspecified atom stereocenters. The number of aromatic nitrogens is 1. The second kappa shape index (κ2) is 5.23. The van der Waals surface area contributed by atoms with Gasteiger partial charge in [-0.2, -0.15) is 0 Å². The average Bonchev–Trinajstić information content (AvgIpc) is 2.83. The lowest BCUT2D eigenvalue weighted by atomic mass is 10.2. The van der Waals surface area contributed by atoms with E-state index in [-0.39, 0.29) is 11.4 Å². The van der Waals surface area contributed by atoms with Crippen molar-refractivity contribution < 1.29 is 9.72 Å². The van der Waals surface area contributed by atoms with E-state index in [2.05, 4.69) is 26.2 Å². The second-order valence-electron chi connectivity index (χ2n) is 3.97. The Labute approximate surface area is 117 Å². The van der Waals surface area contributed by atoms with Gasteiger partial charge in [-0.15, -0.1) is 0 Å². The van der Waals surface area contributed by atoms with Crippen LogP contribution in [-0.2, 0) is 0 Å². The Balaban J connectivity index is 2.20. The van der Waals surface area contributed by atoms with Crippen LogP contribution >= 0.6 is 15.9 Å². The molecular weight excluding hydrogens is 314 g/mol. The number of carbonyl (C=O) groups excluding carboxylic acids is 1. The number of rotatable bonds is 3. The topological polar surface area (TPSA) is 88.0 Å². The van der Waals surface area contributed by atoms with Crippen LogP contribution in [0.2, 0.25) is 0 Å². The van der Waals surface area contributed by atoms with Crippen molar-refractivity contribution in [3.8, 4) is 0 Å². The SMILES string of the molecule is Cc1ccc(Br)c(NC(=O)c2cc([N+](=O)[O-])c[nH]2)c1. The number of nitro groups is 1. The van der Waals surface area contributed by atoms with Crippen LogP contribution in [0.15, 0.2) is 34.9 Å². The predicted octanol–water partition coefficient (Wildman–Crippen LogP) is 3.25. The minimum absolute atomic E-state index is 0.139. The molecular formula is C12H10BrN3O3. The van der Waals surface area contributed by atoms with Gasteiger partial charge in [0.2, 0.25) is 0 Å². The lowest BCUT2D eigenvalue weighted by Gasteiger charge is -2.07. The monoisotopic (exact) mass is 323 g/mol. The van der Waals surface area contributed by atoms with Crippen molar-refractivity contribution in [3.05, 3.63) is 56.3 Å². The Hall–Kier alpha value is -2.15. The number of H-pyrrole nitrogens is 1. The molecule has 2 rings (SSSR count). The maximum Gasteiger partial charge on any atom is 0.287 e. The highest BCUT2D eigenvalue weighted by molar-refractivity contribution is 9.10. The largest absolute Gasteiger partial charge is 0.351 e. The van der Waals surface area contributed by atoms with Crippen molar-refractivity contribution in [1.29, 1.82) is 0 Å². The van der Waals surface area contributed by atoms with Crippen LogP contribution < -0.4 is 5.32 Å². The molecule has 0 aliphatic carbocycles. The summed E-state index contributed by atoms with van der Waals surface area (Å²) in [5.74, 6) is -0.431. The van der Waals surface area contributed by atoms with Crippen LogP contribution in [-0.4, -0.2) is 15.8 Å². The number of hydrogen-bond donors (Lipinski definition) is 2. The first-order valence-corrected chi connectivity index (χ1v) is 6.17. The van der Waals surface area contributed by atoms with E-state index in [0.29, 0.717) is 5.69 Å².